The molecule has 1 fully saturated rings. The van der Waals surface area contributed by atoms with Gasteiger partial charge in [-0.1, -0.05) is 54.4 Å². The van der Waals surface area contributed by atoms with Gasteiger partial charge < -0.3 is 9.64 Å². The number of hydrogen-bond donors (Lipinski definition) is 0. The second-order valence-electron chi connectivity index (χ2n) is 8.64. The number of para-hydroxylation sites is 1. The van der Waals surface area contributed by atoms with Crippen LogP contribution in [0, 0.1) is 0 Å². The highest BCUT2D eigenvalue weighted by atomic mass is 35.5. The molecular weight excluding hydrogens is 492 g/mol. The van der Waals surface area contributed by atoms with Gasteiger partial charge in [-0.25, -0.2) is 0 Å². The quantitative estimate of drug-likeness (QED) is 0.250. The molecule has 0 N–H and O–H groups in total. The summed E-state index contributed by atoms with van der Waals surface area (Å²) in [5, 5.41) is 10.3. The van der Waals surface area contributed by atoms with E-state index in [0.717, 1.165) is 48.7 Å². The van der Waals surface area contributed by atoms with Crippen molar-refractivity contribution in [3.63, 3.8) is 0 Å². The van der Waals surface area contributed by atoms with Gasteiger partial charge in [-0.2, -0.15) is 0 Å². The highest BCUT2D eigenvalue weighted by Crippen LogP contribution is 2.30. The minimum atomic E-state index is 0.149. The van der Waals surface area contributed by atoms with Crippen LogP contribution in [0.2, 0.25) is 5.02 Å². The Morgan fingerprint density at radius 2 is 1.50 bits per heavy atom. The fourth-order valence-corrected chi connectivity index (χ4v) is 5.19. The number of rotatable bonds is 7. The Balaban J connectivity index is 1.41. The SMILES string of the molecule is O=C(CSc1nnc(-c2ccc(Cl)cc2)n1-c1ccc(Oc2ccccc2)cc1)N1CCCCCC1. The Kier molecular flexibility index (Phi) is 7.88. The molecule has 0 unspecified atom stereocenters. The Hall–Kier alpha value is -3.29. The van der Waals surface area contributed by atoms with E-state index in [0.29, 0.717) is 21.8 Å². The van der Waals surface area contributed by atoms with Gasteiger partial charge in [0.2, 0.25) is 5.91 Å². The molecule has 6 nitrogen and oxygen atoms in total. The average Bonchev–Trinajstić information content (AvgIpc) is 3.13. The molecule has 4 aromatic rings. The van der Waals surface area contributed by atoms with Crippen molar-refractivity contribution in [2.75, 3.05) is 18.8 Å². The third-order valence-electron chi connectivity index (χ3n) is 6.09. The third-order valence-corrected chi connectivity index (χ3v) is 7.26. The number of carbonyl (C=O) groups is 1. The number of benzene rings is 3. The number of carbonyl (C=O) groups excluding carboxylic acids is 1. The van der Waals surface area contributed by atoms with Crippen LogP contribution in [-0.2, 0) is 4.79 Å². The van der Waals surface area contributed by atoms with Crippen LogP contribution in [0.1, 0.15) is 25.7 Å². The number of likely N-dealkylation sites (tertiary alicyclic amines) is 1. The summed E-state index contributed by atoms with van der Waals surface area (Å²) in [5.41, 5.74) is 1.78. The second-order valence-corrected chi connectivity index (χ2v) is 10.0. The van der Waals surface area contributed by atoms with Gasteiger partial charge in [0, 0.05) is 29.4 Å². The van der Waals surface area contributed by atoms with E-state index in [1.807, 2.05) is 88.3 Å². The van der Waals surface area contributed by atoms with Crippen LogP contribution in [0.4, 0.5) is 0 Å². The lowest BCUT2D eigenvalue weighted by Gasteiger charge is -2.20. The van der Waals surface area contributed by atoms with E-state index in [-0.39, 0.29) is 5.91 Å². The number of amides is 1. The molecule has 0 radical (unpaired) electrons. The molecule has 1 aliphatic rings. The summed E-state index contributed by atoms with van der Waals surface area (Å²) < 4.78 is 7.94. The first kappa shape index (κ1) is 24.4. The lowest BCUT2D eigenvalue weighted by Crippen LogP contribution is -2.33. The Morgan fingerprint density at radius 3 is 2.19 bits per heavy atom. The summed E-state index contributed by atoms with van der Waals surface area (Å²) in [6.45, 7) is 1.68. The van der Waals surface area contributed by atoms with Crippen LogP contribution in [0.5, 0.6) is 11.5 Å². The number of aromatic nitrogens is 3. The molecule has 0 saturated carbocycles. The molecule has 1 aliphatic heterocycles. The highest BCUT2D eigenvalue weighted by Gasteiger charge is 2.20. The normalized spacial score (nSPS) is 13.9. The summed E-state index contributed by atoms with van der Waals surface area (Å²) >= 11 is 7.53. The maximum absolute atomic E-state index is 12.9. The second kappa shape index (κ2) is 11.6. The van der Waals surface area contributed by atoms with E-state index >= 15 is 0 Å². The van der Waals surface area contributed by atoms with Crippen molar-refractivity contribution in [2.24, 2.45) is 0 Å². The maximum atomic E-state index is 12.9. The van der Waals surface area contributed by atoms with Crippen LogP contribution < -0.4 is 4.74 Å². The van der Waals surface area contributed by atoms with Crippen molar-refractivity contribution < 1.29 is 9.53 Å². The number of nitrogens with zero attached hydrogens (tertiary/aromatic N) is 4. The topological polar surface area (TPSA) is 60.3 Å². The number of halogens is 1. The molecule has 0 aliphatic carbocycles. The van der Waals surface area contributed by atoms with Crippen molar-refractivity contribution in [3.05, 3.63) is 83.9 Å². The molecule has 184 valence electrons. The van der Waals surface area contributed by atoms with Crippen LogP contribution in [0.3, 0.4) is 0 Å². The molecule has 1 aromatic heterocycles. The Labute approximate surface area is 220 Å². The molecular formula is C28H27ClN4O2S. The summed E-state index contributed by atoms with van der Waals surface area (Å²) in [5.74, 6) is 2.68. The molecule has 1 amide bonds. The fraction of sp³-hybridized carbons (Fsp3) is 0.250. The van der Waals surface area contributed by atoms with E-state index in [4.69, 9.17) is 16.3 Å². The van der Waals surface area contributed by atoms with Gasteiger partial charge in [0.1, 0.15) is 11.5 Å². The number of thioether (sulfide) groups is 1. The molecule has 1 saturated heterocycles. The smallest absolute Gasteiger partial charge is 0.233 e. The van der Waals surface area contributed by atoms with E-state index < -0.39 is 0 Å². The van der Waals surface area contributed by atoms with Gasteiger partial charge in [-0.05, 0) is 73.5 Å². The fourth-order valence-electron chi connectivity index (χ4n) is 4.21. The lowest BCUT2D eigenvalue weighted by atomic mass is 10.2. The molecule has 0 bridgehead atoms. The van der Waals surface area contributed by atoms with Crippen LogP contribution in [-0.4, -0.2) is 44.4 Å². The van der Waals surface area contributed by atoms with E-state index in [2.05, 4.69) is 10.2 Å². The first-order valence-corrected chi connectivity index (χ1v) is 13.5. The van der Waals surface area contributed by atoms with Gasteiger partial charge in [0.05, 0.1) is 5.75 Å². The van der Waals surface area contributed by atoms with Crippen molar-refractivity contribution in [1.82, 2.24) is 19.7 Å². The van der Waals surface area contributed by atoms with E-state index in [1.54, 1.807) is 0 Å². The predicted molar refractivity (Wildman–Crippen MR) is 144 cm³/mol. The van der Waals surface area contributed by atoms with Crippen molar-refractivity contribution in [3.8, 4) is 28.6 Å². The minimum Gasteiger partial charge on any atom is -0.457 e. The van der Waals surface area contributed by atoms with Gasteiger partial charge in [0.15, 0.2) is 11.0 Å². The zero-order valence-electron chi connectivity index (χ0n) is 19.8. The standard InChI is InChI=1S/C28H27ClN4O2S/c29-22-12-10-21(11-13-22)27-30-31-28(36-20-26(34)32-18-6-1-2-7-19-32)33(27)23-14-16-25(17-15-23)35-24-8-4-3-5-9-24/h3-5,8-17H,1-2,6-7,18-20H2. The summed E-state index contributed by atoms with van der Waals surface area (Å²) in [6.07, 6.45) is 4.54. The van der Waals surface area contributed by atoms with Gasteiger partial charge in [0.25, 0.3) is 0 Å². The molecule has 0 atom stereocenters. The molecule has 5 rings (SSSR count). The van der Waals surface area contributed by atoms with Crippen LogP contribution in [0.25, 0.3) is 17.1 Å². The molecule has 8 heteroatoms. The Morgan fingerprint density at radius 1 is 0.833 bits per heavy atom. The minimum absolute atomic E-state index is 0.149. The van der Waals surface area contributed by atoms with Crippen molar-refractivity contribution in [1.29, 1.82) is 0 Å². The Bertz CT molecular complexity index is 1290. The zero-order valence-corrected chi connectivity index (χ0v) is 21.4. The largest absolute Gasteiger partial charge is 0.457 e. The van der Waals surface area contributed by atoms with Crippen molar-refractivity contribution >= 4 is 29.3 Å². The number of ether oxygens (including phenoxy) is 1. The molecule has 2 heterocycles. The molecule has 3 aromatic carbocycles. The zero-order chi connectivity index (χ0) is 24.7. The van der Waals surface area contributed by atoms with E-state index in [9.17, 15) is 4.79 Å². The van der Waals surface area contributed by atoms with E-state index in [1.165, 1.54) is 24.6 Å². The average molecular weight is 519 g/mol. The molecule has 36 heavy (non-hydrogen) atoms. The molecule has 0 spiro atoms. The maximum Gasteiger partial charge on any atom is 0.233 e. The summed E-state index contributed by atoms with van der Waals surface area (Å²) in [7, 11) is 0. The first-order valence-electron chi connectivity index (χ1n) is 12.1. The third kappa shape index (κ3) is 5.91. The lowest BCUT2D eigenvalue weighted by molar-refractivity contribution is -0.128. The summed E-state index contributed by atoms with van der Waals surface area (Å²) in [6, 6.07) is 25.0. The first-order chi connectivity index (χ1) is 17.7. The van der Waals surface area contributed by atoms with Crippen LogP contribution >= 0.6 is 23.4 Å². The van der Waals surface area contributed by atoms with Gasteiger partial charge in [-0.3, -0.25) is 9.36 Å². The van der Waals surface area contributed by atoms with Crippen LogP contribution in [0.15, 0.2) is 84.0 Å². The van der Waals surface area contributed by atoms with Gasteiger partial charge in [-0.15, -0.1) is 10.2 Å². The highest BCUT2D eigenvalue weighted by molar-refractivity contribution is 7.99. The number of hydrogen-bond acceptors (Lipinski definition) is 5. The predicted octanol–water partition coefficient (Wildman–Crippen LogP) is 6.87. The monoisotopic (exact) mass is 518 g/mol. The summed E-state index contributed by atoms with van der Waals surface area (Å²) in [4.78, 5) is 14.9. The van der Waals surface area contributed by atoms with Crippen molar-refractivity contribution in [2.45, 2.75) is 30.8 Å². The van der Waals surface area contributed by atoms with Gasteiger partial charge >= 0.3 is 0 Å².